The van der Waals surface area contributed by atoms with E-state index < -0.39 is 18.0 Å². The summed E-state index contributed by atoms with van der Waals surface area (Å²) in [5, 5.41) is 10.0. The van der Waals surface area contributed by atoms with E-state index >= 15 is 0 Å². The fourth-order valence-electron chi connectivity index (χ4n) is 2.83. The standard InChI is InChI=1S/C14H16F3N5O3/c1-6-4-8-10(7(2)24-6)20-22(3)11(8)12(23)18-5-9-19-13(25-21-9)14(15,16)17/h6-7H,4-5H2,1-3H3,(H,18,23)/t6-,7+/m1/s1. The minimum atomic E-state index is -4.72. The highest BCUT2D eigenvalue weighted by atomic mass is 19.4. The molecule has 8 nitrogen and oxygen atoms in total. The number of hydrogen-bond acceptors (Lipinski definition) is 6. The van der Waals surface area contributed by atoms with Gasteiger partial charge in [0.1, 0.15) is 5.69 Å². The number of hydrogen-bond donors (Lipinski definition) is 1. The maximum atomic E-state index is 12.5. The van der Waals surface area contributed by atoms with Gasteiger partial charge in [-0.15, -0.1) is 0 Å². The Morgan fingerprint density at radius 1 is 1.40 bits per heavy atom. The number of aromatic nitrogens is 4. The van der Waals surface area contributed by atoms with Crippen molar-refractivity contribution in [2.45, 2.75) is 45.2 Å². The molecule has 0 spiro atoms. The smallest absolute Gasteiger partial charge is 0.369 e. The molecule has 0 saturated heterocycles. The number of ether oxygens (including phenoxy) is 1. The maximum Gasteiger partial charge on any atom is 0.471 e. The second kappa shape index (κ2) is 6.14. The number of rotatable bonds is 3. The molecule has 0 fully saturated rings. The van der Waals surface area contributed by atoms with Crippen LogP contribution < -0.4 is 5.32 Å². The van der Waals surface area contributed by atoms with Gasteiger partial charge in [-0.2, -0.15) is 23.3 Å². The first-order valence-corrected chi connectivity index (χ1v) is 7.56. The van der Waals surface area contributed by atoms with Crippen LogP contribution in [0.2, 0.25) is 0 Å². The van der Waals surface area contributed by atoms with Crippen LogP contribution in [-0.4, -0.2) is 31.9 Å². The molecular weight excluding hydrogens is 343 g/mol. The summed E-state index contributed by atoms with van der Waals surface area (Å²) in [6, 6.07) is 0. The van der Waals surface area contributed by atoms with E-state index in [1.54, 1.807) is 7.05 Å². The Morgan fingerprint density at radius 3 is 2.76 bits per heavy atom. The SMILES string of the molecule is C[C@@H]1Cc2c(nn(C)c2C(=O)NCc2noc(C(F)(F)F)n2)[C@H](C)O1. The molecule has 2 aromatic rings. The summed E-state index contributed by atoms with van der Waals surface area (Å²) in [6.07, 6.45) is -4.50. The third-order valence-corrected chi connectivity index (χ3v) is 3.82. The van der Waals surface area contributed by atoms with Crippen LogP contribution in [0.25, 0.3) is 0 Å². The van der Waals surface area contributed by atoms with E-state index in [0.717, 1.165) is 5.56 Å². The van der Waals surface area contributed by atoms with Crippen LogP contribution in [0, 0.1) is 0 Å². The molecule has 136 valence electrons. The average Bonchev–Trinajstić information content (AvgIpc) is 3.09. The topological polar surface area (TPSA) is 95.1 Å². The summed E-state index contributed by atoms with van der Waals surface area (Å²) < 4.78 is 48.5. The number of carbonyl (C=O) groups excluding carboxylic acids is 1. The van der Waals surface area contributed by atoms with Gasteiger partial charge in [-0.1, -0.05) is 5.16 Å². The Bertz CT molecular complexity index is 798. The lowest BCUT2D eigenvalue weighted by atomic mass is 9.99. The fourth-order valence-corrected chi connectivity index (χ4v) is 2.83. The quantitative estimate of drug-likeness (QED) is 0.898. The van der Waals surface area contributed by atoms with Gasteiger partial charge in [-0.05, 0) is 13.8 Å². The zero-order valence-electron chi connectivity index (χ0n) is 13.7. The third-order valence-electron chi connectivity index (χ3n) is 3.82. The second-order valence-corrected chi connectivity index (χ2v) is 5.83. The Morgan fingerprint density at radius 2 is 2.12 bits per heavy atom. The van der Waals surface area contributed by atoms with Crippen LogP contribution in [-0.2, 0) is 30.9 Å². The molecule has 3 rings (SSSR count). The summed E-state index contributed by atoms with van der Waals surface area (Å²) in [6.45, 7) is 3.45. The van der Waals surface area contributed by atoms with Gasteiger partial charge < -0.3 is 14.6 Å². The minimum Gasteiger partial charge on any atom is -0.369 e. The van der Waals surface area contributed by atoms with Gasteiger partial charge in [-0.25, -0.2) is 0 Å². The van der Waals surface area contributed by atoms with E-state index in [1.165, 1.54) is 4.68 Å². The Hall–Kier alpha value is -2.43. The number of alkyl halides is 3. The Balaban J connectivity index is 1.75. The molecule has 2 atom stereocenters. The van der Waals surface area contributed by atoms with Gasteiger partial charge in [0, 0.05) is 19.0 Å². The molecule has 0 aromatic carbocycles. The molecule has 0 unspecified atom stereocenters. The molecular formula is C14H16F3N5O3. The van der Waals surface area contributed by atoms with Crippen LogP contribution in [0.4, 0.5) is 13.2 Å². The van der Waals surface area contributed by atoms with Crippen LogP contribution in [0.15, 0.2) is 4.52 Å². The molecule has 0 bridgehead atoms. The van der Waals surface area contributed by atoms with Crippen LogP contribution >= 0.6 is 0 Å². The molecule has 0 saturated carbocycles. The van der Waals surface area contributed by atoms with Crippen molar-refractivity contribution in [1.82, 2.24) is 25.2 Å². The van der Waals surface area contributed by atoms with Crippen molar-refractivity contribution in [3.63, 3.8) is 0 Å². The first-order chi connectivity index (χ1) is 11.7. The van der Waals surface area contributed by atoms with Crippen molar-refractivity contribution in [3.05, 3.63) is 28.7 Å². The van der Waals surface area contributed by atoms with Gasteiger partial charge in [-0.3, -0.25) is 9.48 Å². The first kappa shape index (κ1) is 17.4. The van der Waals surface area contributed by atoms with E-state index in [0.29, 0.717) is 17.8 Å². The van der Waals surface area contributed by atoms with E-state index in [4.69, 9.17) is 4.74 Å². The van der Waals surface area contributed by atoms with Crippen molar-refractivity contribution in [3.8, 4) is 0 Å². The number of fused-ring (bicyclic) bond motifs is 1. The zero-order chi connectivity index (χ0) is 18.4. The highest BCUT2D eigenvalue weighted by molar-refractivity contribution is 5.94. The van der Waals surface area contributed by atoms with E-state index in [9.17, 15) is 18.0 Å². The normalized spacial score (nSPS) is 20.4. The van der Waals surface area contributed by atoms with Crippen LogP contribution in [0.3, 0.4) is 0 Å². The van der Waals surface area contributed by atoms with Gasteiger partial charge in [0.15, 0.2) is 5.82 Å². The molecule has 1 amide bonds. The fraction of sp³-hybridized carbons (Fsp3) is 0.571. The molecule has 3 heterocycles. The monoisotopic (exact) mass is 359 g/mol. The van der Waals surface area contributed by atoms with Crippen molar-refractivity contribution in [1.29, 1.82) is 0 Å². The van der Waals surface area contributed by atoms with Gasteiger partial charge in [0.25, 0.3) is 5.91 Å². The summed E-state index contributed by atoms with van der Waals surface area (Å²) in [5.41, 5.74) is 1.80. The molecule has 11 heteroatoms. The van der Waals surface area contributed by atoms with Gasteiger partial charge >= 0.3 is 12.1 Å². The predicted molar refractivity (Wildman–Crippen MR) is 76.3 cm³/mol. The van der Waals surface area contributed by atoms with E-state index in [1.807, 2.05) is 13.8 Å². The number of nitrogens with zero attached hydrogens (tertiary/aromatic N) is 4. The van der Waals surface area contributed by atoms with Crippen molar-refractivity contribution in [2.24, 2.45) is 7.05 Å². The summed E-state index contributed by atoms with van der Waals surface area (Å²) in [5.74, 6) is -2.19. The number of halogens is 3. The van der Waals surface area contributed by atoms with Gasteiger partial charge in [0.2, 0.25) is 0 Å². The zero-order valence-corrected chi connectivity index (χ0v) is 13.7. The van der Waals surface area contributed by atoms with Crippen LogP contribution in [0.1, 0.15) is 53.4 Å². The maximum absolute atomic E-state index is 12.5. The highest BCUT2D eigenvalue weighted by Gasteiger charge is 2.38. The van der Waals surface area contributed by atoms with Crippen molar-refractivity contribution >= 4 is 5.91 Å². The molecule has 25 heavy (non-hydrogen) atoms. The molecule has 0 radical (unpaired) electrons. The Labute approximate surface area is 140 Å². The summed E-state index contributed by atoms with van der Waals surface area (Å²) >= 11 is 0. The number of carbonyl (C=O) groups is 1. The molecule has 2 aromatic heterocycles. The molecule has 1 N–H and O–H groups in total. The largest absolute Gasteiger partial charge is 0.471 e. The highest BCUT2D eigenvalue weighted by Crippen LogP contribution is 2.31. The number of amides is 1. The first-order valence-electron chi connectivity index (χ1n) is 7.56. The third kappa shape index (κ3) is 3.36. The lowest BCUT2D eigenvalue weighted by Gasteiger charge is -2.24. The lowest BCUT2D eigenvalue weighted by molar-refractivity contribution is -0.159. The minimum absolute atomic E-state index is 0.0650. The van der Waals surface area contributed by atoms with E-state index in [-0.39, 0.29) is 24.6 Å². The molecule has 1 aliphatic rings. The van der Waals surface area contributed by atoms with Crippen molar-refractivity contribution in [2.75, 3.05) is 0 Å². The number of nitrogens with one attached hydrogen (secondary N) is 1. The average molecular weight is 359 g/mol. The summed E-state index contributed by atoms with van der Waals surface area (Å²) in [7, 11) is 1.63. The summed E-state index contributed by atoms with van der Waals surface area (Å²) in [4.78, 5) is 15.7. The lowest BCUT2D eigenvalue weighted by Crippen LogP contribution is -2.28. The predicted octanol–water partition coefficient (Wildman–Crippen LogP) is 1.77. The Kier molecular flexibility index (Phi) is 4.27. The van der Waals surface area contributed by atoms with Crippen molar-refractivity contribution < 1.29 is 27.2 Å². The van der Waals surface area contributed by atoms with Crippen LogP contribution in [0.5, 0.6) is 0 Å². The molecule has 0 aliphatic carbocycles. The second-order valence-electron chi connectivity index (χ2n) is 5.83. The van der Waals surface area contributed by atoms with E-state index in [2.05, 4.69) is 25.1 Å². The van der Waals surface area contributed by atoms with Gasteiger partial charge in [0.05, 0.1) is 24.4 Å². The number of aryl methyl sites for hydroxylation is 1. The molecule has 1 aliphatic heterocycles.